The van der Waals surface area contributed by atoms with Crippen LogP contribution in [0, 0.1) is 5.92 Å². The normalized spacial score (nSPS) is 23.0. The van der Waals surface area contributed by atoms with Gasteiger partial charge < -0.3 is 15.3 Å². The van der Waals surface area contributed by atoms with Gasteiger partial charge in [0.1, 0.15) is 0 Å². The quantitative estimate of drug-likeness (QED) is 0.651. The standard InChI is InChI=1S/C23H24N2O2S.ClH/c26-14-17-4-1-2-6-18(17)19-7-3-5-16-12-21(28-22(16)19)23(27)24-20-13-25-10-8-15(20)9-11-25;/h1-7,12,15,20,26H,8-11,13-14H2,(H,24,27);1H/t20-;/m0./s1. The first-order chi connectivity index (χ1) is 13.7. The number of aliphatic hydroxyl groups excluding tert-OH is 1. The number of hydrogen-bond acceptors (Lipinski definition) is 4. The van der Waals surface area contributed by atoms with Gasteiger partial charge in [0.15, 0.2) is 0 Å². The molecule has 3 aliphatic heterocycles. The van der Waals surface area contributed by atoms with Gasteiger partial charge in [-0.15, -0.1) is 23.7 Å². The molecule has 2 aromatic carbocycles. The molecular weight excluding hydrogens is 404 g/mol. The Kier molecular flexibility index (Phi) is 5.93. The molecule has 2 bridgehead atoms. The number of benzene rings is 2. The molecule has 3 fully saturated rings. The van der Waals surface area contributed by atoms with Crippen molar-refractivity contribution in [3.63, 3.8) is 0 Å². The smallest absolute Gasteiger partial charge is 0.261 e. The number of fused-ring (bicyclic) bond motifs is 4. The summed E-state index contributed by atoms with van der Waals surface area (Å²) < 4.78 is 1.10. The fraction of sp³-hybridized carbons (Fsp3) is 0.348. The average molecular weight is 429 g/mol. The summed E-state index contributed by atoms with van der Waals surface area (Å²) in [7, 11) is 0. The molecule has 3 aromatic rings. The van der Waals surface area contributed by atoms with Crippen LogP contribution >= 0.6 is 23.7 Å². The molecule has 1 amide bonds. The van der Waals surface area contributed by atoms with E-state index >= 15 is 0 Å². The van der Waals surface area contributed by atoms with E-state index in [4.69, 9.17) is 0 Å². The number of nitrogens with zero attached hydrogens (tertiary/aromatic N) is 1. The summed E-state index contributed by atoms with van der Waals surface area (Å²) in [5.74, 6) is 0.664. The van der Waals surface area contributed by atoms with Crippen molar-refractivity contribution in [2.45, 2.75) is 25.5 Å². The van der Waals surface area contributed by atoms with Crippen LogP contribution in [0.4, 0.5) is 0 Å². The molecule has 0 radical (unpaired) electrons. The number of halogens is 1. The van der Waals surface area contributed by atoms with Crippen LogP contribution in [0.1, 0.15) is 28.1 Å². The van der Waals surface area contributed by atoms with E-state index in [-0.39, 0.29) is 31.0 Å². The van der Waals surface area contributed by atoms with Crippen LogP contribution in [0.15, 0.2) is 48.5 Å². The van der Waals surface area contributed by atoms with Crippen molar-refractivity contribution in [1.29, 1.82) is 0 Å². The summed E-state index contributed by atoms with van der Waals surface area (Å²) in [6, 6.07) is 16.3. The number of carbonyl (C=O) groups excluding carboxylic acids is 1. The maximum absolute atomic E-state index is 13.0. The van der Waals surface area contributed by atoms with Gasteiger partial charge in [0, 0.05) is 17.3 Å². The molecule has 0 aliphatic carbocycles. The van der Waals surface area contributed by atoms with Crippen molar-refractivity contribution >= 4 is 39.7 Å². The highest BCUT2D eigenvalue weighted by Crippen LogP contribution is 2.37. The molecule has 4 nitrogen and oxygen atoms in total. The molecular formula is C23H25ClN2O2S. The number of carbonyl (C=O) groups is 1. The summed E-state index contributed by atoms with van der Waals surface area (Å²) in [5.41, 5.74) is 3.01. The molecule has 1 atom stereocenters. The second-order valence-corrected chi connectivity index (χ2v) is 8.92. The molecule has 6 rings (SSSR count). The van der Waals surface area contributed by atoms with Gasteiger partial charge >= 0.3 is 0 Å². The third kappa shape index (κ3) is 3.80. The van der Waals surface area contributed by atoms with Crippen molar-refractivity contribution in [2.75, 3.05) is 19.6 Å². The van der Waals surface area contributed by atoms with Gasteiger partial charge in [-0.3, -0.25) is 4.79 Å². The Hall–Kier alpha value is -1.92. The molecule has 1 aromatic heterocycles. The van der Waals surface area contributed by atoms with Crippen LogP contribution in [0.2, 0.25) is 0 Å². The Morgan fingerprint density at radius 1 is 1.10 bits per heavy atom. The van der Waals surface area contributed by atoms with Gasteiger partial charge in [-0.2, -0.15) is 0 Å². The molecule has 0 unspecified atom stereocenters. The van der Waals surface area contributed by atoms with Crippen molar-refractivity contribution in [3.05, 3.63) is 59.0 Å². The average Bonchev–Trinajstić information content (AvgIpc) is 3.19. The van der Waals surface area contributed by atoms with Gasteiger partial charge in [-0.05, 0) is 60.0 Å². The van der Waals surface area contributed by atoms with E-state index in [0.29, 0.717) is 5.92 Å². The lowest BCUT2D eigenvalue weighted by atomic mass is 9.84. The Bertz CT molecular complexity index is 1030. The summed E-state index contributed by atoms with van der Waals surface area (Å²) in [6.07, 6.45) is 2.39. The van der Waals surface area contributed by atoms with Crippen molar-refractivity contribution in [1.82, 2.24) is 10.2 Å². The van der Waals surface area contributed by atoms with Crippen LogP contribution in [0.5, 0.6) is 0 Å². The zero-order valence-corrected chi connectivity index (χ0v) is 17.8. The fourth-order valence-electron chi connectivity index (χ4n) is 4.68. The first-order valence-electron chi connectivity index (χ1n) is 9.98. The molecule has 4 heterocycles. The molecule has 3 saturated heterocycles. The predicted octanol–water partition coefficient (Wildman–Crippen LogP) is 4.31. The predicted molar refractivity (Wildman–Crippen MR) is 121 cm³/mol. The first kappa shape index (κ1) is 20.4. The Labute approximate surface area is 181 Å². The lowest BCUT2D eigenvalue weighted by Gasteiger charge is -2.44. The van der Waals surface area contributed by atoms with Gasteiger partial charge in [-0.1, -0.05) is 42.5 Å². The number of piperidine rings is 3. The molecule has 6 heteroatoms. The topological polar surface area (TPSA) is 52.6 Å². The molecule has 2 N–H and O–H groups in total. The van der Waals surface area contributed by atoms with Crippen LogP contribution in [0.25, 0.3) is 21.2 Å². The van der Waals surface area contributed by atoms with Crippen molar-refractivity contribution < 1.29 is 9.90 Å². The Morgan fingerprint density at radius 3 is 2.59 bits per heavy atom. The van der Waals surface area contributed by atoms with Crippen LogP contribution in [-0.4, -0.2) is 41.6 Å². The van der Waals surface area contributed by atoms with Crippen molar-refractivity contribution in [3.8, 4) is 11.1 Å². The highest BCUT2D eigenvalue weighted by atomic mass is 35.5. The molecule has 29 heavy (non-hydrogen) atoms. The van der Waals surface area contributed by atoms with E-state index < -0.39 is 0 Å². The third-order valence-corrected chi connectivity index (χ3v) is 7.40. The number of rotatable bonds is 4. The minimum atomic E-state index is 0. The van der Waals surface area contributed by atoms with Crippen LogP contribution in [0.3, 0.4) is 0 Å². The molecule has 152 valence electrons. The van der Waals surface area contributed by atoms with Crippen molar-refractivity contribution in [2.24, 2.45) is 5.92 Å². The number of nitrogens with one attached hydrogen (secondary N) is 1. The lowest BCUT2D eigenvalue weighted by Crippen LogP contribution is -2.57. The second-order valence-electron chi connectivity index (χ2n) is 7.87. The summed E-state index contributed by atoms with van der Waals surface area (Å²) in [4.78, 5) is 16.2. The number of aliphatic hydroxyl groups is 1. The number of thiophene rings is 1. The minimum Gasteiger partial charge on any atom is -0.392 e. The molecule has 3 aliphatic rings. The maximum atomic E-state index is 13.0. The Balaban J connectivity index is 0.00000205. The van der Waals surface area contributed by atoms with Crippen LogP contribution < -0.4 is 5.32 Å². The zero-order valence-electron chi connectivity index (χ0n) is 16.1. The number of amides is 1. The highest BCUT2D eigenvalue weighted by molar-refractivity contribution is 7.21. The summed E-state index contributed by atoms with van der Waals surface area (Å²) in [6.45, 7) is 3.34. The summed E-state index contributed by atoms with van der Waals surface area (Å²) >= 11 is 1.55. The maximum Gasteiger partial charge on any atom is 0.261 e. The SMILES string of the molecule is Cl.O=C(N[C@H]1CN2CCC1CC2)c1cc2cccc(-c3ccccc3CO)c2s1. The van der Waals surface area contributed by atoms with Gasteiger partial charge in [-0.25, -0.2) is 0 Å². The fourth-order valence-corrected chi connectivity index (χ4v) is 5.77. The number of hydrogen-bond donors (Lipinski definition) is 2. The second kappa shape index (κ2) is 8.44. The molecule has 0 saturated carbocycles. The van der Waals surface area contributed by atoms with E-state index in [9.17, 15) is 9.90 Å². The van der Waals surface area contributed by atoms with E-state index in [1.165, 1.54) is 25.9 Å². The minimum absolute atomic E-state index is 0. The highest BCUT2D eigenvalue weighted by Gasteiger charge is 2.35. The zero-order chi connectivity index (χ0) is 19.1. The molecule has 0 spiro atoms. The van der Waals surface area contributed by atoms with Gasteiger partial charge in [0.25, 0.3) is 5.91 Å². The largest absolute Gasteiger partial charge is 0.392 e. The van der Waals surface area contributed by atoms with E-state index in [1.807, 2.05) is 36.4 Å². The van der Waals surface area contributed by atoms with Gasteiger partial charge in [0.2, 0.25) is 0 Å². The van der Waals surface area contributed by atoms with Gasteiger partial charge in [0.05, 0.1) is 11.5 Å². The monoisotopic (exact) mass is 428 g/mol. The van der Waals surface area contributed by atoms with Crippen LogP contribution in [-0.2, 0) is 6.61 Å². The van der Waals surface area contributed by atoms with E-state index in [2.05, 4.69) is 22.3 Å². The lowest BCUT2D eigenvalue weighted by molar-refractivity contribution is 0.0622. The van der Waals surface area contributed by atoms with E-state index in [1.54, 1.807) is 11.3 Å². The summed E-state index contributed by atoms with van der Waals surface area (Å²) in [5, 5.41) is 14.1. The van der Waals surface area contributed by atoms with E-state index in [0.717, 1.165) is 38.2 Å². The Morgan fingerprint density at radius 2 is 1.86 bits per heavy atom. The third-order valence-electron chi connectivity index (χ3n) is 6.22. The first-order valence-corrected chi connectivity index (χ1v) is 10.8.